The SMILES string of the molecule is C[N+](C)(C)CCOP(=O)([O-])OCCC(F)(F)C(F)(F)C(F)(F)C(F)(F)C(F)(F)C(F)(F)F. The maximum atomic E-state index is 13.5. The van der Waals surface area contributed by atoms with Crippen molar-refractivity contribution in [1.82, 2.24) is 0 Å². The molecule has 0 spiro atoms. The molecule has 0 aliphatic carbocycles. The second kappa shape index (κ2) is 9.07. The second-order valence-corrected chi connectivity index (χ2v) is 8.79. The summed E-state index contributed by atoms with van der Waals surface area (Å²) in [7, 11) is -0.812. The van der Waals surface area contributed by atoms with Crippen LogP contribution in [0.15, 0.2) is 0 Å². The van der Waals surface area contributed by atoms with E-state index in [1.54, 1.807) is 21.1 Å². The number of quaternary nitrogens is 1. The van der Waals surface area contributed by atoms with E-state index in [4.69, 9.17) is 0 Å². The number of phosphoric acid groups is 1. The zero-order valence-electron chi connectivity index (χ0n) is 16.3. The highest BCUT2D eigenvalue weighted by atomic mass is 31.2. The molecule has 0 N–H and O–H groups in total. The molecule has 0 radical (unpaired) electrons. The second-order valence-electron chi connectivity index (χ2n) is 7.38. The minimum Gasteiger partial charge on any atom is -0.756 e. The van der Waals surface area contributed by atoms with E-state index >= 15 is 0 Å². The lowest BCUT2D eigenvalue weighted by Crippen LogP contribution is -2.70. The van der Waals surface area contributed by atoms with Crippen molar-refractivity contribution < 1.29 is 80.1 Å². The fourth-order valence-electron chi connectivity index (χ4n) is 1.71. The highest BCUT2D eigenvalue weighted by Gasteiger charge is 2.90. The van der Waals surface area contributed by atoms with Gasteiger partial charge in [0.15, 0.2) is 0 Å². The number of likely N-dealkylation sites (N-methyl/N-ethyl adjacent to an activating group) is 1. The normalized spacial score (nSPS) is 17.4. The lowest BCUT2D eigenvalue weighted by atomic mass is 9.93. The van der Waals surface area contributed by atoms with Gasteiger partial charge >= 0.3 is 35.8 Å². The van der Waals surface area contributed by atoms with Gasteiger partial charge in [-0.1, -0.05) is 0 Å². The molecule has 1 unspecified atom stereocenters. The average Bonchev–Trinajstić information content (AvgIpc) is 2.50. The molecule has 0 aromatic heterocycles. The molecule has 1 atom stereocenters. The first-order chi connectivity index (χ1) is 13.7. The van der Waals surface area contributed by atoms with Gasteiger partial charge in [-0.25, -0.2) is 0 Å². The van der Waals surface area contributed by atoms with Crippen LogP contribution in [0.5, 0.6) is 0 Å². The van der Waals surface area contributed by atoms with Crippen LogP contribution in [0.1, 0.15) is 6.42 Å². The number of hydrogen-bond donors (Lipinski definition) is 0. The van der Waals surface area contributed by atoms with Gasteiger partial charge in [-0.15, -0.1) is 0 Å². The first kappa shape index (κ1) is 31.2. The maximum Gasteiger partial charge on any atom is 0.460 e. The Kier molecular flexibility index (Phi) is 8.84. The number of nitrogens with zero attached hydrogens (tertiary/aromatic N) is 1. The van der Waals surface area contributed by atoms with E-state index in [-0.39, 0.29) is 11.0 Å². The predicted octanol–water partition coefficient (Wildman–Crippen LogP) is 4.32. The number of rotatable bonds is 12. The summed E-state index contributed by atoms with van der Waals surface area (Å²) >= 11 is 0. The minimum atomic E-state index is -8.02. The monoisotopic (exact) mass is 529 g/mol. The Labute approximate surface area is 172 Å². The smallest absolute Gasteiger partial charge is 0.460 e. The molecule has 0 aliphatic rings. The average molecular weight is 529 g/mol. The van der Waals surface area contributed by atoms with E-state index in [1.807, 2.05) is 0 Å². The summed E-state index contributed by atoms with van der Waals surface area (Å²) in [5, 5.41) is 0. The van der Waals surface area contributed by atoms with Crippen LogP contribution in [-0.2, 0) is 13.6 Å². The molecule has 0 aliphatic heterocycles. The van der Waals surface area contributed by atoms with Gasteiger partial charge in [-0.05, 0) is 0 Å². The van der Waals surface area contributed by atoms with Crippen LogP contribution < -0.4 is 4.89 Å². The molecule has 0 aromatic carbocycles. The summed E-state index contributed by atoms with van der Waals surface area (Å²) in [5.74, 6) is -37.7. The van der Waals surface area contributed by atoms with Crippen molar-refractivity contribution in [2.75, 3.05) is 40.9 Å². The third kappa shape index (κ3) is 6.39. The predicted molar refractivity (Wildman–Crippen MR) is 77.8 cm³/mol. The Bertz CT molecular complexity index is 690. The topological polar surface area (TPSA) is 58.6 Å². The van der Waals surface area contributed by atoms with Crippen molar-refractivity contribution in [3.63, 3.8) is 0 Å². The lowest BCUT2D eigenvalue weighted by molar-refractivity contribution is -0.870. The lowest BCUT2D eigenvalue weighted by Gasteiger charge is -2.39. The number of phosphoric ester groups is 1. The highest BCUT2D eigenvalue weighted by Crippen LogP contribution is 2.60. The Morgan fingerprint density at radius 1 is 0.688 bits per heavy atom. The summed E-state index contributed by atoms with van der Waals surface area (Å²) in [6, 6.07) is 0. The van der Waals surface area contributed by atoms with Crippen LogP contribution in [0.2, 0.25) is 0 Å². The van der Waals surface area contributed by atoms with Crippen LogP contribution in [0, 0.1) is 0 Å². The molecule has 0 heterocycles. The Morgan fingerprint density at radius 3 is 1.44 bits per heavy atom. The van der Waals surface area contributed by atoms with Crippen LogP contribution >= 0.6 is 7.82 Å². The Hall–Kier alpha value is -0.840. The molecular weight excluding hydrogens is 512 g/mol. The van der Waals surface area contributed by atoms with E-state index in [9.17, 15) is 66.5 Å². The first-order valence-electron chi connectivity index (χ1n) is 8.03. The molecule has 0 rings (SSSR count). The number of hydrogen-bond acceptors (Lipinski definition) is 4. The van der Waals surface area contributed by atoms with Gasteiger partial charge in [-0.3, -0.25) is 4.57 Å². The van der Waals surface area contributed by atoms with E-state index in [0.29, 0.717) is 0 Å². The fraction of sp³-hybridized carbons (Fsp3) is 1.00. The number of halogens is 13. The fourth-order valence-corrected chi connectivity index (χ4v) is 2.40. The number of alkyl halides is 13. The first-order valence-corrected chi connectivity index (χ1v) is 9.49. The molecule has 0 fully saturated rings. The van der Waals surface area contributed by atoms with E-state index < -0.39 is 63.2 Å². The summed E-state index contributed by atoms with van der Waals surface area (Å²) in [6.07, 6.45) is -10.3. The standard InChI is InChI=1S/C13H17F13NO4P/c1-27(2,3)5-7-31-32(28,29)30-6-4-8(14,15)9(16,17)10(18,19)11(20,21)12(22,23)13(24,25)26/h4-7H2,1-3H3. The maximum absolute atomic E-state index is 13.5. The van der Waals surface area contributed by atoms with Crippen molar-refractivity contribution in [1.29, 1.82) is 0 Å². The Morgan fingerprint density at radius 2 is 1.06 bits per heavy atom. The van der Waals surface area contributed by atoms with E-state index in [1.165, 1.54) is 0 Å². The minimum absolute atomic E-state index is 0.0153. The summed E-state index contributed by atoms with van der Waals surface area (Å²) in [6.45, 7) is -2.72. The van der Waals surface area contributed by atoms with Crippen LogP contribution in [0.3, 0.4) is 0 Å². The summed E-state index contributed by atoms with van der Waals surface area (Å²) in [4.78, 5) is 11.3. The van der Waals surface area contributed by atoms with E-state index in [0.717, 1.165) is 0 Å². The molecule has 5 nitrogen and oxygen atoms in total. The van der Waals surface area contributed by atoms with Gasteiger partial charge in [0.1, 0.15) is 13.2 Å². The summed E-state index contributed by atoms with van der Waals surface area (Å²) < 4.78 is 187. The van der Waals surface area contributed by atoms with Crippen LogP contribution in [0.4, 0.5) is 57.1 Å². The van der Waals surface area contributed by atoms with Gasteiger partial charge in [0.05, 0.1) is 27.7 Å². The van der Waals surface area contributed by atoms with Crippen molar-refractivity contribution in [3.05, 3.63) is 0 Å². The molecule has 0 amide bonds. The molecule has 19 heteroatoms. The van der Waals surface area contributed by atoms with Gasteiger partial charge in [0.25, 0.3) is 7.82 Å². The van der Waals surface area contributed by atoms with Crippen LogP contribution in [0.25, 0.3) is 0 Å². The van der Waals surface area contributed by atoms with Crippen molar-refractivity contribution in [2.45, 2.75) is 42.2 Å². The van der Waals surface area contributed by atoms with Crippen molar-refractivity contribution >= 4 is 7.82 Å². The zero-order valence-corrected chi connectivity index (χ0v) is 17.2. The molecule has 0 saturated carbocycles. The Balaban J connectivity index is 5.50. The molecular formula is C13H17F13NO4P. The highest BCUT2D eigenvalue weighted by molar-refractivity contribution is 7.45. The van der Waals surface area contributed by atoms with E-state index in [2.05, 4.69) is 9.05 Å². The third-order valence-electron chi connectivity index (χ3n) is 3.68. The van der Waals surface area contributed by atoms with Crippen molar-refractivity contribution in [2.24, 2.45) is 0 Å². The molecule has 0 aromatic rings. The third-order valence-corrected chi connectivity index (χ3v) is 4.67. The largest absolute Gasteiger partial charge is 0.756 e. The quantitative estimate of drug-likeness (QED) is 0.215. The molecule has 0 saturated heterocycles. The molecule has 194 valence electrons. The molecule has 32 heavy (non-hydrogen) atoms. The van der Waals surface area contributed by atoms with Gasteiger partial charge < -0.3 is 18.4 Å². The molecule has 0 bridgehead atoms. The van der Waals surface area contributed by atoms with Gasteiger partial charge in [0, 0.05) is 6.42 Å². The van der Waals surface area contributed by atoms with Crippen LogP contribution in [-0.4, -0.2) is 81.2 Å². The summed E-state index contributed by atoms with van der Waals surface area (Å²) in [5.41, 5.74) is 0. The van der Waals surface area contributed by atoms with Gasteiger partial charge in [0.2, 0.25) is 0 Å². The van der Waals surface area contributed by atoms with Gasteiger partial charge in [-0.2, -0.15) is 57.1 Å². The zero-order chi connectivity index (χ0) is 26.2. The van der Waals surface area contributed by atoms with Crippen molar-refractivity contribution in [3.8, 4) is 0 Å².